The van der Waals surface area contributed by atoms with Gasteiger partial charge in [0.1, 0.15) is 18.1 Å². The van der Waals surface area contributed by atoms with E-state index in [0.29, 0.717) is 18.6 Å². The van der Waals surface area contributed by atoms with Gasteiger partial charge in [-0.25, -0.2) is 0 Å². The third-order valence-corrected chi connectivity index (χ3v) is 3.91. The van der Waals surface area contributed by atoms with E-state index in [1.54, 1.807) is 0 Å². The second kappa shape index (κ2) is 9.13. The van der Waals surface area contributed by atoms with Crippen LogP contribution in [0.15, 0.2) is 24.3 Å². The molecule has 4 nitrogen and oxygen atoms in total. The smallest absolute Gasteiger partial charge is 0.119 e. The van der Waals surface area contributed by atoms with Gasteiger partial charge in [-0.3, -0.25) is 4.90 Å². The lowest BCUT2D eigenvalue weighted by Gasteiger charge is -2.21. The number of likely N-dealkylation sites (tertiary alicyclic amines) is 1. The molecule has 1 aromatic rings. The van der Waals surface area contributed by atoms with Crippen LogP contribution < -0.4 is 15.2 Å². The Bertz CT molecular complexity index is 400. The van der Waals surface area contributed by atoms with Gasteiger partial charge in [0.2, 0.25) is 0 Å². The average molecular weight is 315 g/mol. The molecule has 0 bridgehead atoms. The summed E-state index contributed by atoms with van der Waals surface area (Å²) in [5.74, 6) is 2.44. The monoisotopic (exact) mass is 314 g/mol. The summed E-state index contributed by atoms with van der Waals surface area (Å²) in [6.45, 7) is 8.52. The van der Waals surface area contributed by atoms with Gasteiger partial charge in [-0.2, -0.15) is 0 Å². The lowest BCUT2D eigenvalue weighted by molar-refractivity contribution is 0.202. The van der Waals surface area contributed by atoms with Crippen molar-refractivity contribution in [3.8, 4) is 11.5 Å². The third kappa shape index (κ3) is 5.38. The van der Waals surface area contributed by atoms with Gasteiger partial charge in [0.15, 0.2) is 0 Å². The van der Waals surface area contributed by atoms with Crippen molar-refractivity contribution in [2.24, 2.45) is 11.7 Å². The summed E-state index contributed by atoms with van der Waals surface area (Å²) in [6, 6.07) is 8.43. The van der Waals surface area contributed by atoms with Crippen LogP contribution in [0.4, 0.5) is 0 Å². The summed E-state index contributed by atoms with van der Waals surface area (Å²) in [6.07, 6.45) is 1.21. The van der Waals surface area contributed by atoms with E-state index >= 15 is 0 Å². The molecule has 1 aliphatic heterocycles. The summed E-state index contributed by atoms with van der Waals surface area (Å²) in [5.41, 5.74) is 5.75. The van der Waals surface area contributed by atoms with E-state index in [9.17, 15) is 0 Å². The van der Waals surface area contributed by atoms with E-state index in [1.807, 2.05) is 31.2 Å². The first-order valence-electron chi connectivity index (χ1n) is 7.52. The van der Waals surface area contributed by atoms with Crippen LogP contribution in [0, 0.1) is 5.92 Å². The molecule has 120 valence electrons. The van der Waals surface area contributed by atoms with Gasteiger partial charge >= 0.3 is 0 Å². The Morgan fingerprint density at radius 2 is 1.81 bits per heavy atom. The van der Waals surface area contributed by atoms with Crippen LogP contribution in [0.2, 0.25) is 0 Å². The number of hydrogen-bond donors (Lipinski definition) is 1. The highest BCUT2D eigenvalue weighted by atomic mass is 35.5. The molecule has 2 rings (SSSR count). The van der Waals surface area contributed by atoms with Crippen molar-refractivity contribution < 1.29 is 9.47 Å². The number of nitrogens with zero attached hydrogens (tertiary/aromatic N) is 1. The van der Waals surface area contributed by atoms with E-state index < -0.39 is 0 Å². The lowest BCUT2D eigenvalue weighted by Crippen LogP contribution is -2.32. The van der Waals surface area contributed by atoms with Gasteiger partial charge in [-0.05, 0) is 57.0 Å². The number of nitrogens with two attached hydrogens (primary N) is 1. The second-order valence-electron chi connectivity index (χ2n) is 5.43. The quantitative estimate of drug-likeness (QED) is 0.840. The largest absolute Gasteiger partial charge is 0.494 e. The molecule has 21 heavy (non-hydrogen) atoms. The molecule has 1 fully saturated rings. The maximum atomic E-state index is 5.79. The first-order valence-corrected chi connectivity index (χ1v) is 7.52. The summed E-state index contributed by atoms with van der Waals surface area (Å²) in [5, 5.41) is 0. The zero-order valence-corrected chi connectivity index (χ0v) is 13.8. The topological polar surface area (TPSA) is 47.7 Å². The highest BCUT2D eigenvalue weighted by Gasteiger charge is 2.27. The number of ether oxygens (including phenoxy) is 2. The molecule has 0 spiro atoms. The average Bonchev–Trinajstić information content (AvgIpc) is 2.82. The maximum Gasteiger partial charge on any atom is 0.119 e. The van der Waals surface area contributed by atoms with Gasteiger partial charge in [-0.15, -0.1) is 12.4 Å². The van der Waals surface area contributed by atoms with Crippen molar-refractivity contribution in [2.45, 2.75) is 26.3 Å². The predicted molar refractivity (Wildman–Crippen MR) is 88.6 cm³/mol. The van der Waals surface area contributed by atoms with Gasteiger partial charge in [0, 0.05) is 19.1 Å². The maximum absolute atomic E-state index is 5.79. The van der Waals surface area contributed by atoms with Crippen LogP contribution in [0.1, 0.15) is 20.3 Å². The zero-order valence-electron chi connectivity index (χ0n) is 13.0. The second-order valence-corrected chi connectivity index (χ2v) is 5.43. The highest BCUT2D eigenvalue weighted by molar-refractivity contribution is 5.85. The molecule has 0 aromatic heterocycles. The minimum atomic E-state index is 0. The fraction of sp³-hybridized carbons (Fsp3) is 0.625. The minimum absolute atomic E-state index is 0. The Hall–Kier alpha value is -0.970. The van der Waals surface area contributed by atoms with Crippen LogP contribution in [0.25, 0.3) is 0 Å². The number of hydrogen-bond acceptors (Lipinski definition) is 4. The van der Waals surface area contributed by atoms with E-state index in [0.717, 1.165) is 37.7 Å². The molecule has 2 unspecified atom stereocenters. The molecular weight excluding hydrogens is 288 g/mol. The first kappa shape index (κ1) is 18.1. The van der Waals surface area contributed by atoms with E-state index in [4.69, 9.17) is 15.2 Å². The molecule has 1 saturated heterocycles. The van der Waals surface area contributed by atoms with Gasteiger partial charge in [0.25, 0.3) is 0 Å². The zero-order chi connectivity index (χ0) is 14.4. The Kier molecular flexibility index (Phi) is 7.86. The molecule has 2 atom stereocenters. The third-order valence-electron chi connectivity index (χ3n) is 3.91. The molecule has 5 heteroatoms. The Balaban J connectivity index is 0.00000220. The van der Waals surface area contributed by atoms with E-state index in [1.165, 1.54) is 6.42 Å². The van der Waals surface area contributed by atoms with Crippen molar-refractivity contribution in [1.82, 2.24) is 4.90 Å². The molecule has 0 amide bonds. The normalized spacial score (nSPS) is 21.9. The van der Waals surface area contributed by atoms with Crippen molar-refractivity contribution in [2.75, 3.05) is 32.8 Å². The van der Waals surface area contributed by atoms with Crippen LogP contribution >= 0.6 is 12.4 Å². The Morgan fingerprint density at radius 3 is 2.33 bits per heavy atom. The molecule has 1 aliphatic rings. The molecule has 1 aromatic carbocycles. The fourth-order valence-corrected chi connectivity index (χ4v) is 2.78. The number of halogens is 1. The SMILES string of the molecule is CCOc1ccc(OCCN2CC(CN)CC2C)cc1.Cl. The van der Waals surface area contributed by atoms with Crippen LogP contribution in [-0.2, 0) is 0 Å². The summed E-state index contributed by atoms with van der Waals surface area (Å²) in [7, 11) is 0. The molecule has 0 aliphatic carbocycles. The van der Waals surface area contributed by atoms with Crippen molar-refractivity contribution in [1.29, 1.82) is 0 Å². The van der Waals surface area contributed by atoms with Crippen molar-refractivity contribution in [3.63, 3.8) is 0 Å². The molecule has 2 N–H and O–H groups in total. The predicted octanol–water partition coefficient (Wildman–Crippen LogP) is 2.56. The Morgan fingerprint density at radius 1 is 1.19 bits per heavy atom. The molecule has 0 radical (unpaired) electrons. The number of benzene rings is 1. The van der Waals surface area contributed by atoms with Crippen molar-refractivity contribution in [3.05, 3.63) is 24.3 Å². The van der Waals surface area contributed by atoms with Crippen LogP contribution in [0.5, 0.6) is 11.5 Å². The molecule has 0 saturated carbocycles. The molecular formula is C16H27ClN2O2. The minimum Gasteiger partial charge on any atom is -0.494 e. The highest BCUT2D eigenvalue weighted by Crippen LogP contribution is 2.22. The number of rotatable bonds is 7. The standard InChI is InChI=1S/C16H26N2O2.ClH/c1-3-19-15-4-6-16(7-5-15)20-9-8-18-12-14(11-17)10-13(18)2;/h4-7,13-14H,3,8-12,17H2,1-2H3;1H. The fourth-order valence-electron chi connectivity index (χ4n) is 2.78. The Labute approximate surface area is 134 Å². The van der Waals surface area contributed by atoms with Gasteiger partial charge < -0.3 is 15.2 Å². The lowest BCUT2D eigenvalue weighted by atomic mass is 10.1. The van der Waals surface area contributed by atoms with Gasteiger partial charge in [-0.1, -0.05) is 0 Å². The summed E-state index contributed by atoms with van der Waals surface area (Å²) >= 11 is 0. The van der Waals surface area contributed by atoms with Crippen LogP contribution in [-0.4, -0.2) is 43.8 Å². The van der Waals surface area contributed by atoms with Crippen LogP contribution in [0.3, 0.4) is 0 Å². The van der Waals surface area contributed by atoms with Crippen molar-refractivity contribution >= 4 is 12.4 Å². The van der Waals surface area contributed by atoms with E-state index in [-0.39, 0.29) is 12.4 Å². The van der Waals surface area contributed by atoms with E-state index in [2.05, 4.69) is 11.8 Å². The summed E-state index contributed by atoms with van der Waals surface area (Å²) < 4.78 is 11.2. The summed E-state index contributed by atoms with van der Waals surface area (Å²) in [4.78, 5) is 2.46. The molecule has 1 heterocycles. The first-order chi connectivity index (χ1) is 9.72. The van der Waals surface area contributed by atoms with Gasteiger partial charge in [0.05, 0.1) is 6.61 Å².